The predicted molar refractivity (Wildman–Crippen MR) is 103 cm³/mol. The Bertz CT molecular complexity index is 687. The molecule has 0 saturated heterocycles. The van der Waals surface area contributed by atoms with Crippen LogP contribution in [-0.2, 0) is 10.5 Å². The van der Waals surface area contributed by atoms with Gasteiger partial charge in [0.05, 0.1) is 17.5 Å². The van der Waals surface area contributed by atoms with Crippen LogP contribution in [0.1, 0.15) is 19.4 Å². The van der Waals surface area contributed by atoms with Crippen LogP contribution >= 0.6 is 35.0 Å². The quantitative estimate of drug-likeness (QED) is 0.670. The zero-order chi connectivity index (χ0) is 17.5. The van der Waals surface area contributed by atoms with Crippen LogP contribution in [0.25, 0.3) is 0 Å². The Morgan fingerprint density at radius 1 is 1.12 bits per heavy atom. The number of para-hydroxylation sites is 2. The highest BCUT2D eigenvalue weighted by Crippen LogP contribution is 2.29. The Balaban J connectivity index is 1.90. The fourth-order valence-corrected chi connectivity index (χ4v) is 3.59. The Morgan fingerprint density at radius 2 is 1.79 bits per heavy atom. The van der Waals surface area contributed by atoms with Gasteiger partial charge in [0.15, 0.2) is 0 Å². The predicted octanol–water partition coefficient (Wildman–Crippen LogP) is 5.65. The number of carbonyl (C=O) groups excluding carboxylic acids is 1. The summed E-state index contributed by atoms with van der Waals surface area (Å²) in [5, 5.41) is 4.11. The summed E-state index contributed by atoms with van der Waals surface area (Å²) in [6, 6.07) is 12.8. The minimum atomic E-state index is -0.0945. The Labute approximate surface area is 156 Å². The molecule has 128 valence electrons. The van der Waals surface area contributed by atoms with E-state index in [-0.39, 0.29) is 12.0 Å². The molecule has 0 radical (unpaired) electrons. The van der Waals surface area contributed by atoms with Crippen molar-refractivity contribution in [3.8, 4) is 5.75 Å². The summed E-state index contributed by atoms with van der Waals surface area (Å²) >= 11 is 13.7. The van der Waals surface area contributed by atoms with Gasteiger partial charge in [-0.15, -0.1) is 11.8 Å². The minimum Gasteiger partial charge on any atom is -0.489 e. The third kappa shape index (κ3) is 5.62. The number of hydrogen-bond acceptors (Lipinski definition) is 3. The maximum Gasteiger partial charge on any atom is 0.234 e. The van der Waals surface area contributed by atoms with E-state index in [1.54, 1.807) is 18.2 Å². The molecule has 0 heterocycles. The van der Waals surface area contributed by atoms with Crippen molar-refractivity contribution < 1.29 is 9.53 Å². The number of amides is 1. The van der Waals surface area contributed by atoms with Gasteiger partial charge in [0, 0.05) is 15.8 Å². The fourth-order valence-electron chi connectivity index (χ4n) is 2.03. The fraction of sp³-hybridized carbons (Fsp3) is 0.278. The van der Waals surface area contributed by atoms with Crippen molar-refractivity contribution >= 4 is 46.6 Å². The first-order valence-corrected chi connectivity index (χ1v) is 9.44. The van der Waals surface area contributed by atoms with E-state index < -0.39 is 0 Å². The standard InChI is InChI=1S/C18H19Cl2NO2S/c1-12(2)23-17-9-4-3-8-16(17)21-18(22)11-24-10-13-14(19)6-5-7-15(13)20/h3-9,12H,10-11H2,1-2H3,(H,21,22). The summed E-state index contributed by atoms with van der Waals surface area (Å²) in [4.78, 5) is 12.2. The van der Waals surface area contributed by atoms with Crippen molar-refractivity contribution in [3.63, 3.8) is 0 Å². The summed E-state index contributed by atoms with van der Waals surface area (Å²) in [6.45, 7) is 3.89. The summed E-state index contributed by atoms with van der Waals surface area (Å²) in [6.07, 6.45) is 0.0415. The van der Waals surface area contributed by atoms with Gasteiger partial charge < -0.3 is 10.1 Å². The third-order valence-corrected chi connectivity index (χ3v) is 4.73. The van der Waals surface area contributed by atoms with Crippen LogP contribution in [0.5, 0.6) is 5.75 Å². The van der Waals surface area contributed by atoms with Crippen molar-refractivity contribution in [2.24, 2.45) is 0 Å². The lowest BCUT2D eigenvalue weighted by molar-refractivity contribution is -0.113. The van der Waals surface area contributed by atoms with E-state index in [4.69, 9.17) is 27.9 Å². The first-order chi connectivity index (χ1) is 11.5. The van der Waals surface area contributed by atoms with Gasteiger partial charge in [-0.2, -0.15) is 0 Å². The molecule has 0 fully saturated rings. The zero-order valence-electron chi connectivity index (χ0n) is 13.5. The average molecular weight is 384 g/mol. The molecule has 24 heavy (non-hydrogen) atoms. The van der Waals surface area contributed by atoms with Gasteiger partial charge in [0.1, 0.15) is 5.75 Å². The van der Waals surface area contributed by atoms with E-state index in [9.17, 15) is 4.79 Å². The Hall–Kier alpha value is -1.36. The molecular weight excluding hydrogens is 365 g/mol. The second-order valence-electron chi connectivity index (χ2n) is 5.40. The van der Waals surface area contributed by atoms with Crippen molar-refractivity contribution in [1.29, 1.82) is 0 Å². The molecular formula is C18H19Cl2NO2S. The lowest BCUT2D eigenvalue weighted by Crippen LogP contribution is -2.16. The highest BCUT2D eigenvalue weighted by Gasteiger charge is 2.10. The second-order valence-corrected chi connectivity index (χ2v) is 7.20. The molecule has 2 aromatic carbocycles. The van der Waals surface area contributed by atoms with Gasteiger partial charge in [-0.1, -0.05) is 41.4 Å². The number of halogens is 2. The lowest BCUT2D eigenvalue weighted by Gasteiger charge is -2.14. The van der Waals surface area contributed by atoms with Gasteiger partial charge in [-0.05, 0) is 43.7 Å². The Morgan fingerprint density at radius 3 is 2.46 bits per heavy atom. The molecule has 0 aliphatic heterocycles. The summed E-state index contributed by atoms with van der Waals surface area (Å²) < 4.78 is 5.70. The molecule has 0 bridgehead atoms. The maximum atomic E-state index is 12.2. The molecule has 0 aliphatic carbocycles. The van der Waals surface area contributed by atoms with E-state index in [1.165, 1.54) is 11.8 Å². The van der Waals surface area contributed by atoms with Gasteiger partial charge in [-0.3, -0.25) is 4.79 Å². The highest BCUT2D eigenvalue weighted by molar-refractivity contribution is 7.99. The van der Waals surface area contributed by atoms with Crippen LogP contribution in [0.2, 0.25) is 10.0 Å². The maximum absolute atomic E-state index is 12.2. The second kappa shape index (κ2) is 9.21. The van der Waals surface area contributed by atoms with Crippen LogP contribution < -0.4 is 10.1 Å². The molecule has 2 rings (SSSR count). The molecule has 1 amide bonds. The van der Waals surface area contributed by atoms with E-state index in [1.807, 2.05) is 38.1 Å². The molecule has 0 saturated carbocycles. The summed E-state index contributed by atoms with van der Waals surface area (Å²) in [7, 11) is 0. The van der Waals surface area contributed by atoms with E-state index in [0.717, 1.165) is 5.56 Å². The molecule has 1 N–H and O–H groups in total. The summed E-state index contributed by atoms with van der Waals surface area (Å²) in [5.74, 6) is 1.45. The zero-order valence-corrected chi connectivity index (χ0v) is 15.8. The highest BCUT2D eigenvalue weighted by atomic mass is 35.5. The lowest BCUT2D eigenvalue weighted by atomic mass is 10.2. The van der Waals surface area contributed by atoms with Crippen molar-refractivity contribution in [2.45, 2.75) is 25.7 Å². The number of anilines is 1. The molecule has 0 aromatic heterocycles. The van der Waals surface area contributed by atoms with Gasteiger partial charge in [0.2, 0.25) is 5.91 Å². The number of thioether (sulfide) groups is 1. The molecule has 0 aliphatic rings. The molecule has 3 nitrogen and oxygen atoms in total. The van der Waals surface area contributed by atoms with Gasteiger partial charge in [0.25, 0.3) is 0 Å². The minimum absolute atomic E-state index is 0.0415. The molecule has 0 spiro atoms. The van der Waals surface area contributed by atoms with Crippen molar-refractivity contribution in [1.82, 2.24) is 0 Å². The van der Waals surface area contributed by atoms with E-state index in [0.29, 0.717) is 33.0 Å². The smallest absolute Gasteiger partial charge is 0.234 e. The van der Waals surface area contributed by atoms with Crippen LogP contribution in [0.3, 0.4) is 0 Å². The van der Waals surface area contributed by atoms with E-state index in [2.05, 4.69) is 5.32 Å². The van der Waals surface area contributed by atoms with Crippen LogP contribution in [0.4, 0.5) is 5.69 Å². The number of ether oxygens (including phenoxy) is 1. The van der Waals surface area contributed by atoms with Gasteiger partial charge in [-0.25, -0.2) is 0 Å². The number of hydrogen-bond donors (Lipinski definition) is 1. The Kier molecular flexibility index (Phi) is 7.28. The largest absolute Gasteiger partial charge is 0.489 e. The molecule has 6 heteroatoms. The van der Waals surface area contributed by atoms with Crippen molar-refractivity contribution in [3.05, 3.63) is 58.1 Å². The SMILES string of the molecule is CC(C)Oc1ccccc1NC(=O)CSCc1c(Cl)cccc1Cl. The number of carbonyl (C=O) groups is 1. The number of nitrogens with one attached hydrogen (secondary N) is 1. The topological polar surface area (TPSA) is 38.3 Å². The van der Waals surface area contributed by atoms with Crippen molar-refractivity contribution in [2.75, 3.05) is 11.1 Å². The molecule has 0 atom stereocenters. The molecule has 2 aromatic rings. The molecule has 0 unspecified atom stereocenters. The van der Waals surface area contributed by atoms with E-state index >= 15 is 0 Å². The summed E-state index contributed by atoms with van der Waals surface area (Å²) in [5.41, 5.74) is 1.52. The van der Waals surface area contributed by atoms with Crippen LogP contribution in [0, 0.1) is 0 Å². The van der Waals surface area contributed by atoms with Gasteiger partial charge >= 0.3 is 0 Å². The average Bonchev–Trinajstić information content (AvgIpc) is 2.52. The third-order valence-electron chi connectivity index (χ3n) is 3.07. The monoisotopic (exact) mass is 383 g/mol. The number of benzene rings is 2. The van der Waals surface area contributed by atoms with Crippen LogP contribution in [0.15, 0.2) is 42.5 Å². The normalized spacial score (nSPS) is 10.7. The number of rotatable bonds is 7. The first-order valence-electron chi connectivity index (χ1n) is 7.53. The van der Waals surface area contributed by atoms with Crippen LogP contribution in [-0.4, -0.2) is 17.8 Å². The first kappa shape index (κ1) is 19.0.